The standard InChI is InChI=1S/C2H5NO.2H3O3PS/c1-2(3)4;2*1-4(2,3)5/h1H3,(H2,3,4);2*(H3,1,2,3,5). The Balaban J connectivity index is -0.000000131. The maximum Gasteiger partial charge on any atom is 0.380 e. The minimum absolute atomic E-state index is 0.333. The van der Waals surface area contributed by atoms with Crippen LogP contribution in [-0.4, -0.2) is 25.5 Å². The lowest BCUT2D eigenvalue weighted by Gasteiger charge is -1.83. The predicted molar refractivity (Wildman–Crippen MR) is 56.9 cm³/mol. The summed E-state index contributed by atoms with van der Waals surface area (Å²) in [6, 6.07) is 0. The van der Waals surface area contributed by atoms with Gasteiger partial charge < -0.3 is 25.3 Å². The lowest BCUT2D eigenvalue weighted by Crippen LogP contribution is -2.01. The summed E-state index contributed by atoms with van der Waals surface area (Å²) >= 11 is 5.58. The topological polar surface area (TPSA) is 158 Å². The lowest BCUT2D eigenvalue weighted by molar-refractivity contribution is -0.115. The fourth-order valence-corrected chi connectivity index (χ4v) is 0. The number of thiol groups is 2. The van der Waals surface area contributed by atoms with Crippen LogP contribution in [0.1, 0.15) is 6.92 Å². The smallest absolute Gasteiger partial charge is 0.370 e. The molecule has 0 aromatic heterocycles. The fraction of sp³-hybridized carbons (Fsp3) is 0.500. The van der Waals surface area contributed by atoms with E-state index in [-0.39, 0.29) is 5.91 Å². The number of rotatable bonds is 0. The third kappa shape index (κ3) is 7430. The number of carbonyl (C=O) groups excluding carboxylic acids is 1. The van der Waals surface area contributed by atoms with Crippen molar-refractivity contribution in [3.63, 3.8) is 0 Å². The highest BCUT2D eigenvalue weighted by molar-refractivity contribution is 8.44. The van der Waals surface area contributed by atoms with Crippen molar-refractivity contribution in [3.05, 3.63) is 0 Å². The highest BCUT2D eigenvalue weighted by Gasteiger charge is 1.98. The van der Waals surface area contributed by atoms with E-state index in [0.29, 0.717) is 0 Å². The van der Waals surface area contributed by atoms with Crippen LogP contribution in [0.25, 0.3) is 0 Å². The van der Waals surface area contributed by atoms with Gasteiger partial charge in [0.15, 0.2) is 0 Å². The molecule has 0 spiro atoms. The van der Waals surface area contributed by atoms with Gasteiger partial charge in [-0.05, 0) is 0 Å². The van der Waals surface area contributed by atoms with Crippen molar-refractivity contribution in [1.82, 2.24) is 0 Å². The van der Waals surface area contributed by atoms with Crippen LogP contribution in [0.15, 0.2) is 0 Å². The number of hydrogen-bond donors (Lipinski definition) is 7. The summed E-state index contributed by atoms with van der Waals surface area (Å²) in [7, 11) is 0. The first-order chi connectivity index (χ1) is 5.73. The Morgan fingerprint density at radius 2 is 1.07 bits per heavy atom. The molecule has 8 nitrogen and oxygen atoms in total. The summed E-state index contributed by atoms with van der Waals surface area (Å²) in [4.78, 5) is 39.2. The largest absolute Gasteiger partial charge is 0.380 e. The van der Waals surface area contributed by atoms with E-state index in [9.17, 15) is 13.9 Å². The summed E-state index contributed by atoms with van der Waals surface area (Å²) in [5.41, 5.74) is 4.47. The molecule has 0 bridgehead atoms. The second-order valence-electron chi connectivity index (χ2n) is 1.64. The lowest BCUT2D eigenvalue weighted by atomic mass is 10.8. The van der Waals surface area contributed by atoms with Gasteiger partial charge in [0, 0.05) is 6.92 Å². The Kier molecular flexibility index (Phi) is 12.5. The molecule has 0 radical (unpaired) electrons. The van der Waals surface area contributed by atoms with Crippen molar-refractivity contribution in [3.8, 4) is 0 Å². The van der Waals surface area contributed by atoms with Crippen LogP contribution < -0.4 is 5.73 Å². The first-order valence-electron chi connectivity index (χ1n) is 2.56. The average Bonchev–Trinajstić information content (AvgIpc) is 1.45. The van der Waals surface area contributed by atoms with Gasteiger partial charge in [-0.3, -0.25) is 4.79 Å². The molecule has 12 heteroatoms. The molecular formula is C2H11NO7P2S2. The third-order valence-electron chi connectivity index (χ3n) is 0. The number of carbonyl (C=O) groups is 1. The van der Waals surface area contributed by atoms with Crippen molar-refractivity contribution in [2.24, 2.45) is 5.73 Å². The van der Waals surface area contributed by atoms with Crippen LogP contribution in [-0.2, 0) is 13.9 Å². The van der Waals surface area contributed by atoms with Crippen molar-refractivity contribution in [2.45, 2.75) is 6.92 Å². The SMILES string of the molecule is CC(N)=O.O=P(O)(O)S.O=P(O)(O)S. The zero-order chi connectivity index (χ0) is 12.6. The monoisotopic (exact) mass is 287 g/mol. The van der Waals surface area contributed by atoms with Gasteiger partial charge in [-0.2, -0.15) is 0 Å². The Morgan fingerprint density at radius 1 is 1.07 bits per heavy atom. The number of hydrogen-bond acceptors (Lipinski definition) is 3. The van der Waals surface area contributed by atoms with E-state index in [1.54, 1.807) is 0 Å². The Morgan fingerprint density at radius 3 is 1.07 bits per heavy atom. The van der Waals surface area contributed by atoms with E-state index in [1.807, 2.05) is 0 Å². The summed E-state index contributed by atoms with van der Waals surface area (Å²) in [6.07, 6.45) is 0. The van der Waals surface area contributed by atoms with Gasteiger partial charge in [-0.25, -0.2) is 9.13 Å². The number of nitrogens with two attached hydrogens (primary N) is 1. The molecular weight excluding hydrogens is 276 g/mol. The van der Waals surface area contributed by atoms with Gasteiger partial charge in [0.25, 0.3) is 0 Å². The molecule has 0 saturated carbocycles. The second-order valence-corrected chi connectivity index (χ2v) is 6.82. The van der Waals surface area contributed by atoms with Gasteiger partial charge in [-0.1, -0.05) is 24.5 Å². The summed E-state index contributed by atoms with van der Waals surface area (Å²) < 4.78 is 18.4. The minimum Gasteiger partial charge on any atom is -0.370 e. The molecule has 88 valence electrons. The van der Waals surface area contributed by atoms with Gasteiger partial charge in [0.2, 0.25) is 5.91 Å². The van der Waals surface area contributed by atoms with E-state index >= 15 is 0 Å². The average molecular weight is 287 g/mol. The predicted octanol–water partition coefficient (Wildman–Crippen LogP) is -0.491. The highest BCUT2D eigenvalue weighted by Crippen LogP contribution is 2.39. The number of primary amides is 1. The Hall–Kier alpha value is 0.470. The molecule has 0 aliphatic heterocycles. The van der Waals surface area contributed by atoms with Crippen molar-refractivity contribution in [1.29, 1.82) is 0 Å². The van der Waals surface area contributed by atoms with E-state index in [2.05, 4.69) is 30.2 Å². The molecule has 0 fully saturated rings. The minimum atomic E-state index is -3.94. The molecule has 0 aromatic carbocycles. The van der Waals surface area contributed by atoms with E-state index in [0.717, 1.165) is 0 Å². The first-order valence-corrected chi connectivity index (χ1v) is 8.09. The van der Waals surface area contributed by atoms with Crippen molar-refractivity contribution in [2.75, 3.05) is 0 Å². The molecule has 0 saturated heterocycles. The third-order valence-corrected chi connectivity index (χ3v) is 0. The molecule has 0 unspecified atom stereocenters. The maximum absolute atomic E-state index is 9.22. The Labute approximate surface area is 90.5 Å². The molecule has 6 N–H and O–H groups in total. The van der Waals surface area contributed by atoms with Gasteiger partial charge >= 0.3 is 13.6 Å². The van der Waals surface area contributed by atoms with E-state index in [4.69, 9.17) is 19.6 Å². The van der Waals surface area contributed by atoms with Crippen molar-refractivity contribution >= 4 is 44.0 Å². The number of amides is 1. The maximum atomic E-state index is 9.22. The van der Waals surface area contributed by atoms with Crippen molar-refractivity contribution < 1.29 is 33.5 Å². The van der Waals surface area contributed by atoms with Crippen LogP contribution in [0.3, 0.4) is 0 Å². The molecule has 1 amide bonds. The highest BCUT2D eigenvalue weighted by atomic mass is 32.7. The quantitative estimate of drug-likeness (QED) is 0.234. The summed E-state index contributed by atoms with van der Waals surface area (Å²) in [5.74, 6) is -0.333. The molecule has 0 atom stereocenters. The van der Waals surface area contributed by atoms with Gasteiger partial charge in [-0.15, -0.1) is 0 Å². The van der Waals surface area contributed by atoms with Crippen LogP contribution >= 0.6 is 38.1 Å². The van der Waals surface area contributed by atoms with Crippen LogP contribution in [0.4, 0.5) is 0 Å². The van der Waals surface area contributed by atoms with Gasteiger partial charge in [0.1, 0.15) is 0 Å². The van der Waals surface area contributed by atoms with Crippen LogP contribution in [0, 0.1) is 0 Å². The second kappa shape index (κ2) is 8.75. The zero-order valence-electron chi connectivity index (χ0n) is 6.88. The van der Waals surface area contributed by atoms with E-state index in [1.165, 1.54) is 6.92 Å². The first kappa shape index (κ1) is 20.0. The fourth-order valence-electron chi connectivity index (χ4n) is 0. The molecule has 0 rings (SSSR count). The molecule has 14 heavy (non-hydrogen) atoms. The summed E-state index contributed by atoms with van der Waals surface area (Å²) in [5, 5.41) is 0. The van der Waals surface area contributed by atoms with Crippen LogP contribution in [0.5, 0.6) is 0 Å². The van der Waals surface area contributed by atoms with Gasteiger partial charge in [0.05, 0.1) is 0 Å². The molecule has 0 aliphatic rings. The normalized spacial score (nSPS) is 10.2. The van der Waals surface area contributed by atoms with Crippen LogP contribution in [0.2, 0.25) is 0 Å². The zero-order valence-corrected chi connectivity index (χ0v) is 10.5. The molecule has 0 aliphatic carbocycles. The Bertz CT molecular complexity index is 204. The molecule has 0 aromatic rings. The molecule has 0 heterocycles. The summed E-state index contributed by atoms with van der Waals surface area (Å²) in [6.45, 7) is -6.58. The van der Waals surface area contributed by atoms with E-state index < -0.39 is 13.6 Å².